The Balaban J connectivity index is 1.61. The van der Waals surface area contributed by atoms with E-state index in [4.69, 9.17) is 4.52 Å². The van der Waals surface area contributed by atoms with Gasteiger partial charge >= 0.3 is 0 Å². The predicted octanol–water partition coefficient (Wildman–Crippen LogP) is 1.76. The van der Waals surface area contributed by atoms with Gasteiger partial charge in [-0.25, -0.2) is 4.68 Å². The predicted molar refractivity (Wildman–Crippen MR) is 106 cm³/mol. The van der Waals surface area contributed by atoms with Gasteiger partial charge in [0.1, 0.15) is 11.5 Å². The molecule has 0 spiro atoms. The van der Waals surface area contributed by atoms with Crippen LogP contribution in [-0.2, 0) is 6.54 Å². The number of piperazine rings is 1. The van der Waals surface area contributed by atoms with Crippen LogP contribution in [0.15, 0.2) is 39.9 Å². The van der Waals surface area contributed by atoms with Crippen molar-refractivity contribution in [1.82, 2.24) is 25.2 Å². The van der Waals surface area contributed by atoms with E-state index in [2.05, 4.69) is 32.4 Å². The average Bonchev–Trinajstić information content (AvgIpc) is 3.04. The van der Waals surface area contributed by atoms with Crippen LogP contribution in [0, 0.1) is 13.8 Å². The zero-order valence-corrected chi connectivity index (χ0v) is 16.3. The number of nitrogens with one attached hydrogen (secondary N) is 1. The molecule has 1 fully saturated rings. The molecule has 0 aromatic carbocycles. The maximum Gasteiger partial charge on any atom is 0.269 e. The van der Waals surface area contributed by atoms with Crippen LogP contribution in [-0.4, -0.2) is 45.6 Å². The van der Waals surface area contributed by atoms with Gasteiger partial charge in [-0.2, -0.15) is 5.10 Å². The van der Waals surface area contributed by atoms with E-state index in [1.807, 2.05) is 26.0 Å². The first-order valence-electron chi connectivity index (χ1n) is 9.45. The lowest BCUT2D eigenvalue weighted by Gasteiger charge is -2.33. The molecule has 1 aliphatic rings. The summed E-state index contributed by atoms with van der Waals surface area (Å²) in [6, 6.07) is 5.92. The first-order chi connectivity index (χ1) is 13.5. The standard InChI is InChI=1S/C20H24N6O2/c1-13-4-5-16(9-22-13)20-18(15(3)28-24-20)12-26-19(27)8-17(10-23-26)25-7-6-21-14(2)11-25/h4-5,8-10,14,21H,6-7,11-12H2,1-3H3. The lowest BCUT2D eigenvalue weighted by molar-refractivity contribution is 0.397. The van der Waals surface area contributed by atoms with E-state index in [-0.39, 0.29) is 5.56 Å². The number of hydrogen-bond donors (Lipinski definition) is 1. The molecule has 0 bridgehead atoms. The van der Waals surface area contributed by atoms with Crippen LogP contribution >= 0.6 is 0 Å². The molecule has 4 heterocycles. The second-order valence-corrected chi connectivity index (χ2v) is 7.27. The summed E-state index contributed by atoms with van der Waals surface area (Å²) in [6.07, 6.45) is 3.52. The van der Waals surface area contributed by atoms with Crippen LogP contribution in [0.5, 0.6) is 0 Å². The highest BCUT2D eigenvalue weighted by molar-refractivity contribution is 5.62. The summed E-state index contributed by atoms with van der Waals surface area (Å²) < 4.78 is 6.83. The van der Waals surface area contributed by atoms with Crippen LogP contribution in [0.1, 0.15) is 23.9 Å². The smallest absolute Gasteiger partial charge is 0.269 e. The number of hydrogen-bond acceptors (Lipinski definition) is 7. The zero-order chi connectivity index (χ0) is 19.7. The monoisotopic (exact) mass is 380 g/mol. The molecule has 146 valence electrons. The maximum atomic E-state index is 12.7. The molecule has 28 heavy (non-hydrogen) atoms. The summed E-state index contributed by atoms with van der Waals surface area (Å²) >= 11 is 0. The van der Waals surface area contributed by atoms with Crippen molar-refractivity contribution >= 4 is 5.69 Å². The summed E-state index contributed by atoms with van der Waals surface area (Å²) in [5, 5.41) is 12.0. The van der Waals surface area contributed by atoms with Gasteiger partial charge in [0.25, 0.3) is 5.56 Å². The Labute approximate surface area is 163 Å². The second-order valence-electron chi connectivity index (χ2n) is 7.27. The van der Waals surface area contributed by atoms with E-state index >= 15 is 0 Å². The Hall–Kier alpha value is -3.00. The Morgan fingerprint density at radius 2 is 2.14 bits per heavy atom. The zero-order valence-electron chi connectivity index (χ0n) is 16.3. The fourth-order valence-corrected chi connectivity index (χ4v) is 3.44. The van der Waals surface area contributed by atoms with Crippen LogP contribution in [0.25, 0.3) is 11.3 Å². The molecule has 0 aliphatic carbocycles. The number of nitrogens with zero attached hydrogens (tertiary/aromatic N) is 5. The normalized spacial score (nSPS) is 17.1. The van der Waals surface area contributed by atoms with E-state index in [9.17, 15) is 4.79 Å². The number of anilines is 1. The number of pyridine rings is 1. The first kappa shape index (κ1) is 18.4. The number of aromatic nitrogens is 4. The van der Waals surface area contributed by atoms with Gasteiger partial charge in [-0.05, 0) is 32.9 Å². The lowest BCUT2D eigenvalue weighted by atomic mass is 10.1. The van der Waals surface area contributed by atoms with Crippen LogP contribution in [0.4, 0.5) is 5.69 Å². The van der Waals surface area contributed by atoms with Gasteiger partial charge in [-0.15, -0.1) is 0 Å². The molecule has 1 aliphatic heterocycles. The van der Waals surface area contributed by atoms with Crippen molar-refractivity contribution in [3.05, 3.63) is 58.0 Å². The molecule has 1 unspecified atom stereocenters. The summed E-state index contributed by atoms with van der Waals surface area (Å²) in [5.41, 5.74) is 4.04. The summed E-state index contributed by atoms with van der Waals surface area (Å²) in [4.78, 5) is 19.2. The van der Waals surface area contributed by atoms with Crippen molar-refractivity contribution in [1.29, 1.82) is 0 Å². The van der Waals surface area contributed by atoms with Gasteiger partial charge in [0.2, 0.25) is 0 Å². The quantitative estimate of drug-likeness (QED) is 0.738. The molecule has 0 saturated carbocycles. The molecule has 0 radical (unpaired) electrons. The van der Waals surface area contributed by atoms with Gasteiger partial charge in [-0.1, -0.05) is 5.16 Å². The third-order valence-electron chi connectivity index (χ3n) is 5.07. The van der Waals surface area contributed by atoms with E-state index in [0.29, 0.717) is 24.0 Å². The van der Waals surface area contributed by atoms with Gasteiger partial charge in [0, 0.05) is 54.8 Å². The van der Waals surface area contributed by atoms with Crippen molar-refractivity contribution < 1.29 is 4.52 Å². The average molecular weight is 380 g/mol. The van der Waals surface area contributed by atoms with E-state index in [0.717, 1.165) is 42.1 Å². The minimum Gasteiger partial charge on any atom is -0.367 e. The summed E-state index contributed by atoms with van der Waals surface area (Å²) in [6.45, 7) is 8.84. The minimum atomic E-state index is -0.141. The van der Waals surface area contributed by atoms with Crippen LogP contribution < -0.4 is 15.8 Å². The van der Waals surface area contributed by atoms with Crippen molar-refractivity contribution in [3.8, 4) is 11.3 Å². The highest BCUT2D eigenvalue weighted by Crippen LogP contribution is 2.25. The van der Waals surface area contributed by atoms with Crippen molar-refractivity contribution in [2.75, 3.05) is 24.5 Å². The van der Waals surface area contributed by atoms with Gasteiger partial charge < -0.3 is 14.7 Å². The van der Waals surface area contributed by atoms with Crippen LogP contribution in [0.3, 0.4) is 0 Å². The molecule has 1 saturated heterocycles. The fraction of sp³-hybridized carbons (Fsp3) is 0.400. The second kappa shape index (κ2) is 7.55. The Morgan fingerprint density at radius 1 is 1.29 bits per heavy atom. The minimum absolute atomic E-state index is 0.141. The van der Waals surface area contributed by atoms with Gasteiger partial charge in [0.05, 0.1) is 18.4 Å². The topological polar surface area (TPSA) is 89.1 Å². The molecule has 3 aromatic rings. The highest BCUT2D eigenvalue weighted by Gasteiger charge is 2.19. The first-order valence-corrected chi connectivity index (χ1v) is 9.45. The number of aryl methyl sites for hydroxylation is 2. The molecule has 1 N–H and O–H groups in total. The van der Waals surface area contributed by atoms with Crippen molar-refractivity contribution in [2.45, 2.75) is 33.4 Å². The fourth-order valence-electron chi connectivity index (χ4n) is 3.44. The van der Waals surface area contributed by atoms with E-state index in [1.165, 1.54) is 4.68 Å². The summed E-state index contributed by atoms with van der Waals surface area (Å²) in [7, 11) is 0. The molecule has 8 heteroatoms. The van der Waals surface area contributed by atoms with E-state index in [1.54, 1.807) is 18.5 Å². The third kappa shape index (κ3) is 3.68. The Bertz CT molecular complexity index is 1020. The maximum absolute atomic E-state index is 12.7. The van der Waals surface area contributed by atoms with Gasteiger partial charge in [-0.3, -0.25) is 9.78 Å². The van der Waals surface area contributed by atoms with Crippen LogP contribution in [0.2, 0.25) is 0 Å². The molecule has 1 atom stereocenters. The SMILES string of the molecule is Cc1ccc(-c2noc(C)c2Cn2ncc(N3CCNC(C)C3)cc2=O)cn1. The van der Waals surface area contributed by atoms with Gasteiger partial charge in [0.15, 0.2) is 0 Å². The third-order valence-corrected chi connectivity index (χ3v) is 5.07. The molecular formula is C20H24N6O2. The number of rotatable bonds is 4. The Morgan fingerprint density at radius 3 is 2.86 bits per heavy atom. The molecular weight excluding hydrogens is 356 g/mol. The molecule has 4 rings (SSSR count). The summed E-state index contributed by atoms with van der Waals surface area (Å²) in [5.74, 6) is 0.671. The molecule has 0 amide bonds. The van der Waals surface area contributed by atoms with Crippen molar-refractivity contribution in [3.63, 3.8) is 0 Å². The largest absolute Gasteiger partial charge is 0.367 e. The molecule has 8 nitrogen and oxygen atoms in total. The highest BCUT2D eigenvalue weighted by atomic mass is 16.5. The van der Waals surface area contributed by atoms with Crippen molar-refractivity contribution in [2.24, 2.45) is 0 Å². The molecule has 3 aromatic heterocycles. The van der Waals surface area contributed by atoms with E-state index < -0.39 is 0 Å². The Kier molecular flexibility index (Phi) is 4.95. The lowest BCUT2D eigenvalue weighted by Crippen LogP contribution is -2.49.